The lowest BCUT2D eigenvalue weighted by Gasteiger charge is -2.37. The average Bonchev–Trinajstić information content (AvgIpc) is 3.32. The maximum Gasteiger partial charge on any atom is 0.414 e. The Bertz CT molecular complexity index is 792. The fourth-order valence-corrected chi connectivity index (χ4v) is 4.37. The third-order valence-corrected chi connectivity index (χ3v) is 5.86. The van der Waals surface area contributed by atoms with Crippen molar-refractivity contribution in [1.82, 2.24) is 9.80 Å². The van der Waals surface area contributed by atoms with Crippen LogP contribution in [0.25, 0.3) is 0 Å². The molecule has 1 aromatic rings. The number of piperazine rings is 1. The number of rotatable bonds is 3. The Balaban J connectivity index is 0.000000353. The molecule has 3 unspecified atom stereocenters. The summed E-state index contributed by atoms with van der Waals surface area (Å²) in [5.74, 6) is -1.87. The van der Waals surface area contributed by atoms with Gasteiger partial charge in [-0.3, -0.25) is 9.69 Å². The van der Waals surface area contributed by atoms with Crippen LogP contribution >= 0.6 is 0 Å². The Kier molecular flexibility index (Phi) is 6.64. The zero-order valence-electron chi connectivity index (χ0n) is 16.0. The Morgan fingerprint density at radius 1 is 0.966 bits per heavy atom. The van der Waals surface area contributed by atoms with Crippen LogP contribution < -0.4 is 0 Å². The van der Waals surface area contributed by atoms with Gasteiger partial charge in [-0.2, -0.15) is 0 Å². The van der Waals surface area contributed by atoms with Crippen molar-refractivity contribution in [2.24, 2.45) is 17.8 Å². The number of carboxylic acids is 2. The topological polar surface area (TPSA) is 98.1 Å². The summed E-state index contributed by atoms with van der Waals surface area (Å²) in [5, 5.41) is 14.8. The smallest absolute Gasteiger partial charge is 0.414 e. The fourth-order valence-electron chi connectivity index (χ4n) is 4.37. The van der Waals surface area contributed by atoms with Gasteiger partial charge in [-0.05, 0) is 42.7 Å². The number of carbonyl (C=O) groups excluding carboxylic acids is 1. The number of aliphatic carboxylic acids is 2. The van der Waals surface area contributed by atoms with Crippen molar-refractivity contribution in [2.75, 3.05) is 32.7 Å². The number of benzene rings is 1. The summed E-state index contributed by atoms with van der Waals surface area (Å²) in [6, 6.07) is 6.26. The second-order valence-electron chi connectivity index (χ2n) is 7.72. The molecule has 1 aliphatic heterocycles. The van der Waals surface area contributed by atoms with Crippen LogP contribution in [0.2, 0.25) is 0 Å². The first-order valence-electron chi connectivity index (χ1n) is 9.76. The van der Waals surface area contributed by atoms with E-state index >= 15 is 0 Å². The van der Waals surface area contributed by atoms with Crippen molar-refractivity contribution in [3.05, 3.63) is 47.8 Å². The van der Waals surface area contributed by atoms with Crippen molar-refractivity contribution >= 4 is 17.8 Å². The minimum absolute atomic E-state index is 0.175. The maximum atomic E-state index is 13.8. The number of amides is 1. The number of halogens is 1. The quantitative estimate of drug-likeness (QED) is 0.590. The maximum absolute atomic E-state index is 13.8. The second-order valence-corrected chi connectivity index (χ2v) is 7.72. The summed E-state index contributed by atoms with van der Waals surface area (Å²) in [6.45, 7) is 4.34. The summed E-state index contributed by atoms with van der Waals surface area (Å²) in [7, 11) is 0. The predicted octanol–water partition coefficient (Wildman–Crippen LogP) is 1.95. The Morgan fingerprint density at radius 2 is 1.62 bits per heavy atom. The zero-order valence-corrected chi connectivity index (χ0v) is 16.0. The molecule has 1 aromatic carbocycles. The molecule has 0 spiro atoms. The van der Waals surface area contributed by atoms with E-state index in [1.54, 1.807) is 23.1 Å². The molecule has 2 bridgehead atoms. The van der Waals surface area contributed by atoms with Crippen LogP contribution in [0.3, 0.4) is 0 Å². The summed E-state index contributed by atoms with van der Waals surface area (Å²) in [6.07, 6.45) is 7.45. The van der Waals surface area contributed by atoms with Gasteiger partial charge in [0.15, 0.2) is 0 Å². The van der Waals surface area contributed by atoms with E-state index in [-0.39, 0.29) is 11.5 Å². The molecule has 0 radical (unpaired) electrons. The Morgan fingerprint density at radius 3 is 2.14 bits per heavy atom. The first kappa shape index (κ1) is 21.0. The van der Waals surface area contributed by atoms with Crippen molar-refractivity contribution < 1.29 is 29.0 Å². The van der Waals surface area contributed by atoms with Crippen LogP contribution in [0.5, 0.6) is 0 Å². The highest BCUT2D eigenvalue weighted by Gasteiger charge is 2.37. The molecule has 3 atom stereocenters. The molecule has 4 rings (SSSR count). The van der Waals surface area contributed by atoms with Gasteiger partial charge in [0.05, 0.1) is 5.56 Å². The highest BCUT2D eigenvalue weighted by atomic mass is 19.1. The largest absolute Gasteiger partial charge is 0.473 e. The Hall–Kier alpha value is -2.74. The Labute approximate surface area is 168 Å². The van der Waals surface area contributed by atoms with E-state index in [2.05, 4.69) is 17.1 Å². The number of carbonyl (C=O) groups is 3. The normalized spacial score (nSPS) is 25.4. The zero-order chi connectivity index (χ0) is 21.0. The summed E-state index contributed by atoms with van der Waals surface area (Å²) < 4.78 is 13.8. The van der Waals surface area contributed by atoms with Gasteiger partial charge in [-0.15, -0.1) is 0 Å². The third kappa shape index (κ3) is 5.20. The van der Waals surface area contributed by atoms with Crippen LogP contribution in [0.15, 0.2) is 36.4 Å². The van der Waals surface area contributed by atoms with Crippen molar-refractivity contribution in [3.8, 4) is 0 Å². The number of fused-ring (bicyclic) bond motifs is 2. The molecule has 1 amide bonds. The van der Waals surface area contributed by atoms with E-state index in [9.17, 15) is 9.18 Å². The molecule has 2 N–H and O–H groups in total. The molecule has 1 saturated heterocycles. The molecular weight excluding hydrogens is 379 g/mol. The van der Waals surface area contributed by atoms with Gasteiger partial charge in [0, 0.05) is 32.7 Å². The molecule has 3 aliphatic rings. The number of hydrogen-bond acceptors (Lipinski definition) is 4. The lowest BCUT2D eigenvalue weighted by atomic mass is 9.93. The second kappa shape index (κ2) is 9.17. The van der Waals surface area contributed by atoms with Gasteiger partial charge < -0.3 is 15.1 Å². The van der Waals surface area contributed by atoms with Gasteiger partial charge in [0.25, 0.3) is 5.91 Å². The molecule has 29 heavy (non-hydrogen) atoms. The molecule has 0 aromatic heterocycles. The molecule has 8 heteroatoms. The van der Waals surface area contributed by atoms with Crippen LogP contribution in [-0.2, 0) is 9.59 Å². The monoisotopic (exact) mass is 404 g/mol. The van der Waals surface area contributed by atoms with Crippen molar-refractivity contribution in [1.29, 1.82) is 0 Å². The molecular formula is C21H25FN2O5. The molecule has 1 saturated carbocycles. The van der Waals surface area contributed by atoms with E-state index < -0.39 is 17.8 Å². The van der Waals surface area contributed by atoms with Gasteiger partial charge in [0.1, 0.15) is 5.82 Å². The van der Waals surface area contributed by atoms with E-state index in [0.29, 0.717) is 13.1 Å². The lowest BCUT2D eigenvalue weighted by Crippen LogP contribution is -2.50. The van der Waals surface area contributed by atoms with Gasteiger partial charge in [0.2, 0.25) is 0 Å². The third-order valence-electron chi connectivity index (χ3n) is 5.86. The van der Waals surface area contributed by atoms with E-state index in [1.165, 1.54) is 18.9 Å². The first-order valence-corrected chi connectivity index (χ1v) is 9.76. The number of carboxylic acid groups (broad SMARTS) is 2. The number of nitrogens with zero attached hydrogens (tertiary/aromatic N) is 2. The fraction of sp³-hybridized carbons (Fsp3) is 0.476. The van der Waals surface area contributed by atoms with Crippen molar-refractivity contribution in [2.45, 2.75) is 12.8 Å². The van der Waals surface area contributed by atoms with Gasteiger partial charge in [-0.25, -0.2) is 14.0 Å². The highest BCUT2D eigenvalue weighted by Crippen LogP contribution is 2.43. The molecule has 1 heterocycles. The van der Waals surface area contributed by atoms with E-state index in [4.69, 9.17) is 19.8 Å². The number of hydrogen-bond donors (Lipinski definition) is 2. The minimum atomic E-state index is -1.82. The standard InChI is InChI=1S/C19H23FN2O.C2H2O4/c20-18-4-2-1-3-17(18)19(23)22-9-7-21(8-10-22)13-16-12-14-5-6-15(16)11-14;3-1(4)2(5)6/h1-6,14-16H,7-13H2;(H,3,4)(H,5,6). The summed E-state index contributed by atoms with van der Waals surface area (Å²) in [4.78, 5) is 34.9. The highest BCUT2D eigenvalue weighted by molar-refractivity contribution is 6.27. The SMILES string of the molecule is O=C(O)C(=O)O.O=C(c1ccccc1F)N1CCN(CC2CC3C=CC2C3)CC1. The molecule has 2 aliphatic carbocycles. The number of allylic oxidation sites excluding steroid dienone is 2. The average molecular weight is 404 g/mol. The van der Waals surface area contributed by atoms with E-state index in [0.717, 1.165) is 37.4 Å². The summed E-state index contributed by atoms with van der Waals surface area (Å²) in [5.41, 5.74) is 0.194. The lowest BCUT2D eigenvalue weighted by molar-refractivity contribution is -0.159. The van der Waals surface area contributed by atoms with Gasteiger partial charge in [-0.1, -0.05) is 24.3 Å². The van der Waals surface area contributed by atoms with Gasteiger partial charge >= 0.3 is 11.9 Å². The van der Waals surface area contributed by atoms with Crippen LogP contribution in [0.1, 0.15) is 23.2 Å². The minimum Gasteiger partial charge on any atom is -0.473 e. The summed E-state index contributed by atoms with van der Waals surface area (Å²) >= 11 is 0. The molecule has 156 valence electrons. The van der Waals surface area contributed by atoms with Crippen molar-refractivity contribution in [3.63, 3.8) is 0 Å². The molecule has 2 fully saturated rings. The van der Waals surface area contributed by atoms with Crippen LogP contribution in [0.4, 0.5) is 4.39 Å². The first-order chi connectivity index (χ1) is 13.8. The van der Waals surface area contributed by atoms with Crippen LogP contribution in [-0.4, -0.2) is 70.6 Å². The van der Waals surface area contributed by atoms with E-state index in [1.807, 2.05) is 0 Å². The van der Waals surface area contributed by atoms with Crippen LogP contribution in [0, 0.1) is 23.6 Å². The predicted molar refractivity (Wildman–Crippen MR) is 103 cm³/mol. The molecule has 7 nitrogen and oxygen atoms in total.